The number of carbonyl (C=O) groups is 4. The number of hydrogen-bond donors (Lipinski definition) is 13. The van der Waals surface area contributed by atoms with Gasteiger partial charge in [0, 0.05) is 57.4 Å². The number of unbranched alkanes of at least 4 members (excludes halogenated alkanes) is 60. The predicted octanol–water partition coefficient (Wildman–Crippen LogP) is 17.7. The molecule has 0 aromatic rings. The van der Waals surface area contributed by atoms with E-state index in [-0.39, 0.29) is 56.9 Å². The molecule has 19 atom stereocenters. The molecule has 0 spiro atoms. The fraction of sp³-hybridized carbons (Fsp3) is 0.961. The number of aliphatic hydroxyl groups is 7. The number of amides is 3. The van der Waals surface area contributed by atoms with Crippen LogP contribution in [0.2, 0.25) is 0 Å². The molecular weight excluding hydrogens is 1620 g/mol. The molecule has 4 fully saturated rings. The summed E-state index contributed by atoms with van der Waals surface area (Å²) in [5.41, 5.74) is 26.0. The van der Waals surface area contributed by atoms with E-state index in [0.29, 0.717) is 13.1 Å². The van der Waals surface area contributed by atoms with Gasteiger partial charge in [0.2, 0.25) is 17.7 Å². The van der Waals surface area contributed by atoms with Crippen LogP contribution in [0.25, 0.3) is 0 Å². The Labute approximate surface area is 779 Å². The highest BCUT2D eigenvalue weighted by Crippen LogP contribution is 2.36. The van der Waals surface area contributed by atoms with Crippen LogP contribution in [0.3, 0.4) is 0 Å². The minimum Gasteiger partial charge on any atom is -0.394 e. The molecule has 0 aromatic carbocycles. The van der Waals surface area contributed by atoms with Crippen molar-refractivity contribution in [1.82, 2.24) is 20.4 Å². The Hall–Kier alpha value is -2.64. The largest absolute Gasteiger partial charge is 0.394 e. The third kappa shape index (κ3) is 53.2. The van der Waals surface area contributed by atoms with Crippen molar-refractivity contribution in [2.45, 2.75) is 587 Å². The van der Waals surface area contributed by atoms with Crippen LogP contribution in [0.4, 0.5) is 0 Å². The Balaban J connectivity index is 1.28. The molecule has 0 radical (unpaired) electrons. The van der Waals surface area contributed by atoms with Crippen molar-refractivity contribution >= 4 is 23.5 Å². The third-order valence-corrected chi connectivity index (χ3v) is 27.8. The number of hydrogen-bond acceptors (Lipinski definition) is 22. The molecule has 0 bridgehead atoms. The minimum atomic E-state index is -1.77. The molecule has 1 saturated carbocycles. The Bertz CT molecular complexity index is 2560. The summed E-state index contributed by atoms with van der Waals surface area (Å²) in [6.45, 7) is 11.2. The molecule has 25 nitrogen and oxygen atoms in total. The van der Waals surface area contributed by atoms with Crippen LogP contribution in [-0.2, 0) is 47.6 Å². The Kier molecular flexibility index (Phi) is 71.2. The first-order valence-electron chi connectivity index (χ1n) is 54.0. The van der Waals surface area contributed by atoms with Crippen molar-refractivity contribution < 1.29 is 83.3 Å². The molecule has 3 amide bonds. The summed E-state index contributed by atoms with van der Waals surface area (Å²) in [4.78, 5) is 59.2. The van der Waals surface area contributed by atoms with E-state index < -0.39 is 135 Å². The SMILES string of the molecule is CCCCCCCCCCCCCCCCCCN(CCCCCCCCCCCCCCCCCC)CC(=O)CCC(=O)NCC1O[C@H](O[C@@H]2C(O)[C@H](O[C@@H]3C(O)[C@H](N)CC(N)[C@H]3O[C@H]3OC(NC(=O)CCC(=O)N(CCCCCCCCCCCCCCCCCC)CCCCCCCCCCCCCCCCCC)[C@@H](O)[C@H](O)C3N)O[C@@H]2CO)[C@H](N)C(O)[C@@H]1O. The quantitative estimate of drug-likeness (QED) is 0.0252. The number of Topliss-reactive ketones (excluding diaryl/α,β-unsaturated/α-hetero) is 1. The smallest absolute Gasteiger partial charge is 0.223 e. The van der Waals surface area contributed by atoms with E-state index >= 15 is 0 Å². The summed E-state index contributed by atoms with van der Waals surface area (Å²) in [6.07, 6.45) is 57.6. The van der Waals surface area contributed by atoms with Gasteiger partial charge in [-0.2, -0.15) is 0 Å². The maximum absolute atomic E-state index is 14.1. The molecule has 17 N–H and O–H groups in total. The van der Waals surface area contributed by atoms with E-state index in [0.717, 1.165) is 77.3 Å². The molecule has 3 heterocycles. The first-order valence-corrected chi connectivity index (χ1v) is 54.0. The lowest BCUT2D eigenvalue weighted by Gasteiger charge is -2.47. The van der Waals surface area contributed by atoms with Crippen molar-refractivity contribution in [2.24, 2.45) is 22.9 Å². The highest BCUT2D eigenvalue weighted by Gasteiger charge is 2.55. The van der Waals surface area contributed by atoms with Crippen LogP contribution in [0, 0.1) is 0 Å². The number of carbonyl (C=O) groups excluding carboxylic acids is 4. The lowest BCUT2D eigenvalue weighted by molar-refractivity contribution is -0.310. The van der Waals surface area contributed by atoms with Crippen LogP contribution in [0.1, 0.15) is 471 Å². The standard InChI is InChI=1S/C103H200N8O17/c1-5-9-13-17-21-25-29-33-37-41-45-49-53-57-61-65-73-110(74-66-62-58-54-50-46-42-38-34-30-26-22-18-14-10-6-2)79-81(113)69-70-86(114)108-78-84-92(118)93(119)89(106)101(123-84)126-98-85(80-112)124-103(96(98)122)127-99-91(117)82(104)77-83(105)97(99)125-102-90(107)94(120)95(121)100(128-102)109-87(115)71-72-88(116)111(75-67-63-59-55-51-47-43-39-35-31-27-23-19-15-11-7-3)76-68-64-60-56-52-48-44-40-36-32-28-24-20-16-12-8-4/h82-85,89-103,112,117-122H,5-80,104-107H2,1-4H3,(H,108,114)(H,109,115)/t82-,83?,84?,85-,89-,90?,91?,92-,93?,94-,95+,96?,97-,98+,99-,100?,101-,102+,103+/m1/s1. The number of ether oxygens (including phenoxy) is 6. The molecule has 128 heavy (non-hydrogen) atoms. The third-order valence-electron chi connectivity index (χ3n) is 27.8. The van der Waals surface area contributed by atoms with Crippen LogP contribution in [0.5, 0.6) is 0 Å². The van der Waals surface area contributed by atoms with Gasteiger partial charge in [0.15, 0.2) is 25.1 Å². The molecule has 4 aliphatic rings. The zero-order valence-corrected chi connectivity index (χ0v) is 82.1. The second-order valence-corrected chi connectivity index (χ2v) is 39.4. The van der Waals surface area contributed by atoms with Gasteiger partial charge in [0.1, 0.15) is 66.8 Å². The van der Waals surface area contributed by atoms with Gasteiger partial charge in [0.25, 0.3) is 0 Å². The molecule has 4 rings (SSSR count). The van der Waals surface area contributed by atoms with Crippen LogP contribution < -0.4 is 33.6 Å². The van der Waals surface area contributed by atoms with Gasteiger partial charge in [-0.1, -0.05) is 413 Å². The summed E-state index contributed by atoms with van der Waals surface area (Å²) in [5.74, 6) is -1.26. The van der Waals surface area contributed by atoms with E-state index in [1.807, 2.05) is 4.90 Å². The van der Waals surface area contributed by atoms with Crippen LogP contribution in [-0.4, -0.2) is 231 Å². The maximum atomic E-state index is 14.1. The van der Waals surface area contributed by atoms with E-state index in [2.05, 4.69) is 43.2 Å². The number of rotatable bonds is 86. The number of nitrogens with zero attached hydrogens (tertiary/aromatic N) is 2. The van der Waals surface area contributed by atoms with Gasteiger partial charge >= 0.3 is 0 Å². The van der Waals surface area contributed by atoms with Crippen LogP contribution in [0.15, 0.2) is 0 Å². The van der Waals surface area contributed by atoms with Crippen molar-refractivity contribution in [3.8, 4) is 0 Å². The zero-order chi connectivity index (χ0) is 92.8. The topological polar surface area (TPSA) is 400 Å². The Morgan fingerprint density at radius 3 is 1.00 bits per heavy atom. The van der Waals surface area contributed by atoms with E-state index in [1.54, 1.807) is 0 Å². The van der Waals surface area contributed by atoms with E-state index in [9.17, 15) is 54.9 Å². The Morgan fingerprint density at radius 1 is 0.320 bits per heavy atom. The van der Waals surface area contributed by atoms with E-state index in [4.69, 9.17) is 51.4 Å². The van der Waals surface area contributed by atoms with Crippen molar-refractivity contribution in [2.75, 3.05) is 45.9 Å². The summed E-state index contributed by atoms with van der Waals surface area (Å²) in [7, 11) is 0. The lowest BCUT2D eigenvalue weighted by Crippen LogP contribution is -2.69. The van der Waals surface area contributed by atoms with Gasteiger partial charge in [-0.15, -0.1) is 0 Å². The first kappa shape index (κ1) is 118. The molecule has 754 valence electrons. The lowest BCUT2D eigenvalue weighted by atomic mass is 9.84. The highest BCUT2D eigenvalue weighted by atomic mass is 16.8. The van der Waals surface area contributed by atoms with Crippen LogP contribution >= 0.6 is 0 Å². The van der Waals surface area contributed by atoms with Crippen molar-refractivity contribution in [3.63, 3.8) is 0 Å². The molecule has 1 aliphatic carbocycles. The number of ketones is 1. The molecule has 7 unspecified atom stereocenters. The Morgan fingerprint density at radius 2 is 0.633 bits per heavy atom. The molecular formula is C103H200N8O17. The monoisotopic (exact) mass is 1820 g/mol. The van der Waals surface area contributed by atoms with Crippen molar-refractivity contribution in [3.05, 3.63) is 0 Å². The predicted molar refractivity (Wildman–Crippen MR) is 516 cm³/mol. The summed E-state index contributed by atoms with van der Waals surface area (Å²) < 4.78 is 37.1. The van der Waals surface area contributed by atoms with Gasteiger partial charge < -0.3 is 103 Å². The summed E-state index contributed by atoms with van der Waals surface area (Å²) >= 11 is 0. The summed E-state index contributed by atoms with van der Waals surface area (Å²) in [5, 5.41) is 85.0. The molecule has 3 aliphatic heterocycles. The molecule has 25 heteroatoms. The normalized spacial score (nSPS) is 25.5. The first-order chi connectivity index (χ1) is 62.3. The molecule has 3 saturated heterocycles. The van der Waals surface area contributed by atoms with Gasteiger partial charge in [0.05, 0.1) is 31.3 Å². The van der Waals surface area contributed by atoms with Gasteiger partial charge in [-0.25, -0.2) is 0 Å². The number of nitrogens with two attached hydrogens (primary N) is 4. The second kappa shape index (κ2) is 77.4. The molecule has 0 aromatic heterocycles. The fourth-order valence-corrected chi connectivity index (χ4v) is 19.2. The van der Waals surface area contributed by atoms with Gasteiger partial charge in [-0.05, 0) is 45.2 Å². The number of aliphatic hydroxyl groups excluding tert-OH is 7. The second-order valence-electron chi connectivity index (χ2n) is 39.4. The fourth-order valence-electron chi connectivity index (χ4n) is 19.2. The number of nitrogens with one attached hydrogen (secondary N) is 2. The minimum absolute atomic E-state index is 0.0142. The van der Waals surface area contributed by atoms with Crippen molar-refractivity contribution in [1.29, 1.82) is 0 Å². The average molecular weight is 1820 g/mol. The highest BCUT2D eigenvalue weighted by molar-refractivity contribution is 5.86. The average Bonchev–Trinajstić information content (AvgIpc) is 1.71. The zero-order valence-electron chi connectivity index (χ0n) is 82.1. The van der Waals surface area contributed by atoms with Gasteiger partial charge in [-0.3, -0.25) is 24.1 Å². The summed E-state index contributed by atoms with van der Waals surface area (Å²) in [6, 6.07) is -4.89. The van der Waals surface area contributed by atoms with E-state index in [1.165, 1.54) is 347 Å². The maximum Gasteiger partial charge on any atom is 0.223 e.